The van der Waals surface area contributed by atoms with Crippen molar-refractivity contribution in [1.29, 1.82) is 0 Å². The van der Waals surface area contributed by atoms with E-state index >= 15 is 0 Å². The van der Waals surface area contributed by atoms with Gasteiger partial charge in [0, 0.05) is 30.5 Å². The molecule has 0 aliphatic carbocycles. The van der Waals surface area contributed by atoms with Crippen LogP contribution in [-0.2, 0) is 9.63 Å². The lowest BCUT2D eigenvalue weighted by Crippen LogP contribution is -2.33. The highest BCUT2D eigenvalue weighted by molar-refractivity contribution is 5.75. The molecule has 0 bridgehead atoms. The Bertz CT molecular complexity index is 773. The number of anilines is 1. The van der Waals surface area contributed by atoms with E-state index in [9.17, 15) is 4.79 Å². The maximum absolute atomic E-state index is 12.0. The van der Waals surface area contributed by atoms with Crippen LogP contribution in [0.1, 0.15) is 32.9 Å². The van der Waals surface area contributed by atoms with Gasteiger partial charge in [0.1, 0.15) is 5.82 Å². The van der Waals surface area contributed by atoms with Crippen LogP contribution in [0.15, 0.2) is 30.6 Å². The smallest absolute Gasteiger partial charge is 0.330 e. The van der Waals surface area contributed by atoms with Crippen LogP contribution < -0.4 is 5.32 Å². The van der Waals surface area contributed by atoms with Crippen LogP contribution >= 0.6 is 0 Å². The summed E-state index contributed by atoms with van der Waals surface area (Å²) in [6, 6.07) is 5.89. The van der Waals surface area contributed by atoms with Gasteiger partial charge in [-0.25, -0.2) is 19.7 Å². The quantitative estimate of drug-likeness (QED) is 0.903. The molecule has 2 aromatic rings. The van der Waals surface area contributed by atoms with Crippen LogP contribution in [0.4, 0.5) is 5.82 Å². The minimum absolute atomic E-state index is 0.188. The number of rotatable bonds is 4. The first kappa shape index (κ1) is 18.3. The monoisotopic (exact) mass is 355 g/mol. The molecule has 0 amide bonds. The number of aryl methyl sites for hydroxylation is 1. The third-order valence-corrected chi connectivity index (χ3v) is 4.22. The Morgan fingerprint density at radius 2 is 2.00 bits per heavy atom. The summed E-state index contributed by atoms with van der Waals surface area (Å²) in [6.07, 6.45) is 4.33. The van der Waals surface area contributed by atoms with E-state index in [-0.39, 0.29) is 12.0 Å². The topological polar surface area (TPSA) is 80.2 Å². The number of nitrogens with zero attached hydrogens (tertiary/aromatic N) is 4. The molecule has 1 aliphatic rings. The molecule has 0 spiro atoms. The molecule has 7 nitrogen and oxygen atoms in total. The average Bonchev–Trinajstić information content (AvgIpc) is 3.02. The molecule has 1 aliphatic heterocycles. The molecule has 0 unspecified atom stereocenters. The Morgan fingerprint density at radius 3 is 2.65 bits per heavy atom. The molecule has 0 radical (unpaired) electrons. The molecule has 3 heterocycles. The molecular formula is C19H25N5O2. The first-order valence-electron chi connectivity index (χ1n) is 8.82. The van der Waals surface area contributed by atoms with Gasteiger partial charge in [0.15, 0.2) is 5.82 Å². The number of hydroxylamine groups is 2. The van der Waals surface area contributed by atoms with E-state index in [1.165, 1.54) is 0 Å². The van der Waals surface area contributed by atoms with Crippen molar-refractivity contribution in [3.63, 3.8) is 0 Å². The Balaban J connectivity index is 1.60. The van der Waals surface area contributed by atoms with Crippen molar-refractivity contribution in [1.82, 2.24) is 20.0 Å². The van der Waals surface area contributed by atoms with Crippen molar-refractivity contribution in [3.8, 4) is 11.4 Å². The molecule has 138 valence electrons. The summed E-state index contributed by atoms with van der Waals surface area (Å²) in [5.41, 5.74) is 1.29. The van der Waals surface area contributed by atoms with Crippen LogP contribution in [0, 0.1) is 12.3 Å². The predicted molar refractivity (Wildman–Crippen MR) is 99.1 cm³/mol. The van der Waals surface area contributed by atoms with Crippen LogP contribution in [-0.4, -0.2) is 45.1 Å². The molecule has 2 aromatic heterocycles. The van der Waals surface area contributed by atoms with Crippen LogP contribution in [0.3, 0.4) is 0 Å². The molecule has 26 heavy (non-hydrogen) atoms. The summed E-state index contributed by atoms with van der Waals surface area (Å²) >= 11 is 0. The molecule has 1 fully saturated rings. The largest absolute Gasteiger partial charge is 0.367 e. The van der Waals surface area contributed by atoms with Gasteiger partial charge < -0.3 is 10.2 Å². The summed E-state index contributed by atoms with van der Waals surface area (Å²) in [5.74, 6) is 1.26. The number of carbonyl (C=O) groups excluding carboxylic acids is 1. The van der Waals surface area contributed by atoms with Gasteiger partial charge in [-0.05, 0) is 52.3 Å². The average molecular weight is 355 g/mol. The van der Waals surface area contributed by atoms with Gasteiger partial charge in [0.05, 0.1) is 17.7 Å². The lowest BCUT2D eigenvalue weighted by molar-refractivity contribution is -0.195. The summed E-state index contributed by atoms with van der Waals surface area (Å²) in [6.45, 7) is 8.87. The minimum atomic E-state index is -0.500. The second-order valence-electron chi connectivity index (χ2n) is 7.55. The SMILES string of the molecule is Cc1nc(N[C@H]2CCN(OC(=O)C(C)(C)C)C2)ccc1-c1ncccn1. The fraction of sp³-hybridized carbons (Fsp3) is 0.474. The number of hydrogen-bond acceptors (Lipinski definition) is 7. The molecule has 0 saturated carbocycles. The van der Waals surface area contributed by atoms with Gasteiger partial charge in [-0.2, -0.15) is 0 Å². The number of pyridine rings is 1. The standard InChI is InChI=1S/C19H25N5O2/c1-13-15(17-20-9-5-10-21-17)6-7-16(22-13)23-14-8-11-24(12-14)26-18(25)19(2,3)4/h5-7,9-10,14H,8,11-12H2,1-4H3,(H,22,23)/t14-/m0/s1. The van der Waals surface area contributed by atoms with Gasteiger partial charge in [0.25, 0.3) is 0 Å². The first-order chi connectivity index (χ1) is 12.3. The van der Waals surface area contributed by atoms with Crippen molar-refractivity contribution in [3.05, 3.63) is 36.3 Å². The Labute approximate surface area is 153 Å². The second kappa shape index (κ2) is 7.37. The summed E-state index contributed by atoms with van der Waals surface area (Å²) in [4.78, 5) is 30.6. The lowest BCUT2D eigenvalue weighted by atomic mass is 9.98. The molecule has 7 heteroatoms. The summed E-state index contributed by atoms with van der Waals surface area (Å²) in [5, 5.41) is 5.14. The number of hydrogen-bond donors (Lipinski definition) is 1. The van der Waals surface area contributed by atoms with Crippen LogP contribution in [0.2, 0.25) is 0 Å². The Kier molecular flexibility index (Phi) is 5.18. The maximum Gasteiger partial charge on any atom is 0.330 e. The molecular weight excluding hydrogens is 330 g/mol. The fourth-order valence-corrected chi connectivity index (χ4v) is 2.71. The van der Waals surface area contributed by atoms with Gasteiger partial charge in [-0.1, -0.05) is 0 Å². The van der Waals surface area contributed by atoms with Crippen molar-refractivity contribution >= 4 is 11.8 Å². The minimum Gasteiger partial charge on any atom is -0.367 e. The molecule has 1 atom stereocenters. The van der Waals surface area contributed by atoms with E-state index in [4.69, 9.17) is 4.84 Å². The summed E-state index contributed by atoms with van der Waals surface area (Å²) in [7, 11) is 0. The molecule has 3 rings (SSSR count). The zero-order chi connectivity index (χ0) is 18.7. The van der Waals surface area contributed by atoms with Gasteiger partial charge in [0.2, 0.25) is 0 Å². The Hall–Kier alpha value is -2.54. The molecule has 0 aromatic carbocycles. The lowest BCUT2D eigenvalue weighted by Gasteiger charge is -2.22. The van der Waals surface area contributed by atoms with Gasteiger partial charge in [-0.15, -0.1) is 5.06 Å². The third kappa shape index (κ3) is 4.35. The van der Waals surface area contributed by atoms with E-state index in [1.54, 1.807) is 23.5 Å². The van der Waals surface area contributed by atoms with E-state index in [2.05, 4.69) is 20.3 Å². The highest BCUT2D eigenvalue weighted by Crippen LogP contribution is 2.22. The van der Waals surface area contributed by atoms with Crippen molar-refractivity contribution in [2.45, 2.75) is 40.2 Å². The van der Waals surface area contributed by atoms with E-state index in [1.807, 2.05) is 39.8 Å². The van der Waals surface area contributed by atoms with E-state index < -0.39 is 5.41 Å². The van der Waals surface area contributed by atoms with E-state index in [0.29, 0.717) is 18.9 Å². The fourth-order valence-electron chi connectivity index (χ4n) is 2.71. The van der Waals surface area contributed by atoms with Crippen LogP contribution in [0.5, 0.6) is 0 Å². The van der Waals surface area contributed by atoms with Crippen LogP contribution in [0.25, 0.3) is 11.4 Å². The number of carbonyl (C=O) groups is 1. The van der Waals surface area contributed by atoms with Crippen molar-refractivity contribution < 1.29 is 9.63 Å². The number of nitrogens with one attached hydrogen (secondary N) is 1. The third-order valence-electron chi connectivity index (χ3n) is 4.22. The van der Waals surface area contributed by atoms with E-state index in [0.717, 1.165) is 23.5 Å². The zero-order valence-electron chi connectivity index (χ0n) is 15.7. The molecule has 1 saturated heterocycles. The summed E-state index contributed by atoms with van der Waals surface area (Å²) < 4.78 is 0. The Morgan fingerprint density at radius 1 is 1.27 bits per heavy atom. The maximum atomic E-state index is 12.0. The zero-order valence-corrected chi connectivity index (χ0v) is 15.7. The normalized spacial score (nSPS) is 17.9. The van der Waals surface area contributed by atoms with Gasteiger partial charge >= 0.3 is 5.97 Å². The van der Waals surface area contributed by atoms with Crippen molar-refractivity contribution in [2.75, 3.05) is 18.4 Å². The first-order valence-corrected chi connectivity index (χ1v) is 8.82. The highest BCUT2D eigenvalue weighted by atomic mass is 16.7. The second-order valence-corrected chi connectivity index (χ2v) is 7.55. The number of aromatic nitrogens is 3. The highest BCUT2D eigenvalue weighted by Gasteiger charge is 2.30. The van der Waals surface area contributed by atoms with Crippen molar-refractivity contribution in [2.24, 2.45) is 5.41 Å². The van der Waals surface area contributed by atoms with Gasteiger partial charge in [-0.3, -0.25) is 0 Å². The molecule has 1 N–H and O–H groups in total. The predicted octanol–water partition coefficient (Wildman–Crippen LogP) is 2.84.